The molecule has 0 aliphatic heterocycles. The molecule has 0 aliphatic rings. The predicted molar refractivity (Wildman–Crippen MR) is 47.6 cm³/mol. The molecule has 0 saturated heterocycles. The van der Waals surface area contributed by atoms with Crippen LogP contribution in [0.1, 0.15) is 24.3 Å². The molecule has 0 spiro atoms. The number of hydrogen-bond acceptors (Lipinski definition) is 5. The van der Waals surface area contributed by atoms with Gasteiger partial charge in [0.1, 0.15) is 12.8 Å². The van der Waals surface area contributed by atoms with Crippen molar-refractivity contribution in [3.63, 3.8) is 0 Å². The predicted octanol–water partition coefficient (Wildman–Crippen LogP) is 1.40. The molecule has 0 radical (unpaired) electrons. The number of ether oxygens (including phenoxy) is 1. The fourth-order valence-electron chi connectivity index (χ4n) is 0.566. The highest BCUT2D eigenvalue weighted by Gasteiger charge is 2.18. The van der Waals surface area contributed by atoms with Gasteiger partial charge in [0.2, 0.25) is 5.69 Å². The lowest BCUT2D eigenvalue weighted by Crippen LogP contribution is -2.21. The van der Waals surface area contributed by atoms with Crippen LogP contribution in [0.5, 0.6) is 0 Å². The summed E-state index contributed by atoms with van der Waals surface area (Å²) in [4.78, 5) is 11.1. The summed E-state index contributed by atoms with van der Waals surface area (Å²) in [7, 11) is 0. The van der Waals surface area contributed by atoms with Gasteiger partial charge in [-0.3, -0.25) is 0 Å². The molecule has 0 aliphatic carbocycles. The Balaban J connectivity index is 2.44. The molecule has 1 heterocycles. The van der Waals surface area contributed by atoms with Gasteiger partial charge in [-0.2, -0.15) is 0 Å². The summed E-state index contributed by atoms with van der Waals surface area (Å²) >= 11 is 3.33. The van der Waals surface area contributed by atoms with E-state index in [2.05, 4.69) is 30.9 Å². The minimum atomic E-state index is -0.534. The van der Waals surface area contributed by atoms with Crippen LogP contribution in [0.2, 0.25) is 0 Å². The summed E-state index contributed by atoms with van der Waals surface area (Å²) in [5, 5.41) is 6.63. The van der Waals surface area contributed by atoms with Crippen molar-refractivity contribution in [3.05, 3.63) is 11.9 Å². The lowest BCUT2D eigenvalue weighted by atomic mass is 10.2. The minimum Gasteiger partial charge on any atom is -0.459 e. The Kier molecular flexibility index (Phi) is 3.02. The molecule has 1 aromatic rings. The van der Waals surface area contributed by atoms with E-state index in [4.69, 9.17) is 4.74 Å². The normalized spacial score (nSPS) is 11.3. The van der Waals surface area contributed by atoms with E-state index in [0.29, 0.717) is 0 Å². The molecule has 5 nitrogen and oxygen atoms in total. The van der Waals surface area contributed by atoms with Crippen LogP contribution in [0.25, 0.3) is 0 Å². The van der Waals surface area contributed by atoms with E-state index in [1.165, 1.54) is 6.20 Å². The van der Waals surface area contributed by atoms with E-state index in [1.54, 1.807) is 0 Å². The monoisotopic (exact) mass is 248 g/mol. The third-order valence-electron chi connectivity index (χ3n) is 1.12. The highest BCUT2D eigenvalue weighted by atomic mass is 79.9. The lowest BCUT2D eigenvalue weighted by Gasteiger charge is -2.14. The van der Waals surface area contributed by atoms with E-state index >= 15 is 0 Å². The Labute approximate surface area is 83.5 Å². The molecule has 6 heteroatoms. The van der Waals surface area contributed by atoms with Crippen molar-refractivity contribution in [2.45, 2.75) is 18.2 Å². The quantitative estimate of drug-likeness (QED) is 0.598. The maximum atomic E-state index is 11.1. The first-order valence-electron chi connectivity index (χ1n) is 3.63. The van der Waals surface area contributed by atoms with Crippen LogP contribution in [-0.4, -0.2) is 27.2 Å². The summed E-state index contributed by atoms with van der Waals surface area (Å²) in [6, 6.07) is 0. The van der Waals surface area contributed by atoms with Crippen LogP contribution in [0, 0.1) is 0 Å². The van der Waals surface area contributed by atoms with Crippen molar-refractivity contribution in [2.75, 3.05) is 6.61 Å². The van der Waals surface area contributed by atoms with Crippen LogP contribution in [-0.2, 0) is 4.74 Å². The van der Waals surface area contributed by atoms with Crippen LogP contribution < -0.4 is 0 Å². The smallest absolute Gasteiger partial charge is 0.362 e. The van der Waals surface area contributed by atoms with Crippen LogP contribution >= 0.6 is 15.9 Å². The van der Waals surface area contributed by atoms with Gasteiger partial charge >= 0.3 is 5.97 Å². The first-order chi connectivity index (χ1) is 5.99. The average molecular weight is 249 g/mol. The van der Waals surface area contributed by atoms with Crippen LogP contribution in [0.15, 0.2) is 10.8 Å². The third kappa shape index (κ3) is 3.54. The fraction of sp³-hybridized carbons (Fsp3) is 0.571. The number of hydrogen-bond donors (Lipinski definition) is 0. The molecule has 0 unspecified atom stereocenters. The Bertz CT molecular complexity index is 278. The second kappa shape index (κ2) is 3.87. The molecule has 0 bridgehead atoms. The molecule has 1 aromatic heterocycles. The van der Waals surface area contributed by atoms with E-state index in [9.17, 15) is 4.79 Å². The number of rotatable bonds is 3. The first kappa shape index (κ1) is 10.2. The Morgan fingerprint density at radius 1 is 1.77 bits per heavy atom. The molecule has 0 aromatic carbocycles. The van der Waals surface area contributed by atoms with Crippen LogP contribution in [0.4, 0.5) is 0 Å². The van der Waals surface area contributed by atoms with E-state index in [-0.39, 0.29) is 16.6 Å². The molecular weight excluding hydrogens is 240 g/mol. The molecule has 0 amide bonds. The van der Waals surface area contributed by atoms with Crippen LogP contribution in [0.3, 0.4) is 0 Å². The van der Waals surface area contributed by atoms with E-state index in [1.807, 2.05) is 13.8 Å². The minimum absolute atomic E-state index is 0.0803. The Morgan fingerprint density at radius 2 is 2.46 bits per heavy atom. The van der Waals surface area contributed by atoms with Gasteiger partial charge in [0.05, 0.1) is 4.32 Å². The van der Waals surface area contributed by atoms with Gasteiger partial charge in [0.15, 0.2) is 0 Å². The molecular formula is C7H9BrN2O3. The number of esters is 1. The lowest BCUT2D eigenvalue weighted by molar-refractivity contribution is 0.0468. The van der Waals surface area contributed by atoms with Gasteiger partial charge in [-0.05, 0) is 19.0 Å². The molecule has 72 valence electrons. The number of halogens is 1. The summed E-state index contributed by atoms with van der Waals surface area (Å²) in [5.41, 5.74) is 0.0803. The van der Waals surface area contributed by atoms with Gasteiger partial charge in [-0.1, -0.05) is 21.1 Å². The second-order valence-corrected chi connectivity index (χ2v) is 5.23. The van der Waals surface area contributed by atoms with Gasteiger partial charge in [-0.25, -0.2) is 9.42 Å². The maximum Gasteiger partial charge on any atom is 0.362 e. The molecule has 13 heavy (non-hydrogen) atoms. The van der Waals surface area contributed by atoms with Gasteiger partial charge < -0.3 is 4.74 Å². The summed E-state index contributed by atoms with van der Waals surface area (Å²) < 4.78 is 8.92. The van der Waals surface area contributed by atoms with Crippen molar-refractivity contribution in [1.29, 1.82) is 0 Å². The highest BCUT2D eigenvalue weighted by Crippen LogP contribution is 2.16. The zero-order valence-electron chi connectivity index (χ0n) is 7.28. The molecule has 1 rings (SSSR count). The maximum absolute atomic E-state index is 11.1. The van der Waals surface area contributed by atoms with E-state index in [0.717, 1.165) is 0 Å². The summed E-state index contributed by atoms with van der Waals surface area (Å²) in [5.74, 6) is -0.534. The zero-order valence-corrected chi connectivity index (χ0v) is 8.87. The standard InChI is InChI=1S/C7H9BrN2O3/c1-7(2,8)4-12-6(11)5-3-9-13-10-5/h3H,4H2,1-2H3. The Morgan fingerprint density at radius 3 is 2.92 bits per heavy atom. The van der Waals surface area contributed by atoms with Crippen molar-refractivity contribution < 1.29 is 14.2 Å². The molecule has 0 fully saturated rings. The number of carbonyl (C=O) groups excluding carboxylic acids is 1. The Hall–Kier alpha value is -0.910. The molecule has 0 saturated carbocycles. The summed E-state index contributed by atoms with van der Waals surface area (Å²) in [6.45, 7) is 4.04. The number of carbonyl (C=O) groups is 1. The van der Waals surface area contributed by atoms with Gasteiger partial charge in [0.25, 0.3) is 0 Å². The largest absolute Gasteiger partial charge is 0.459 e. The summed E-state index contributed by atoms with van der Waals surface area (Å²) in [6.07, 6.45) is 1.21. The second-order valence-electron chi connectivity index (χ2n) is 3.09. The number of aromatic nitrogens is 2. The molecule has 0 atom stereocenters. The fourth-order valence-corrected chi connectivity index (χ4v) is 0.680. The van der Waals surface area contributed by atoms with Gasteiger partial charge in [-0.15, -0.1) is 0 Å². The van der Waals surface area contributed by atoms with Crippen molar-refractivity contribution in [3.8, 4) is 0 Å². The van der Waals surface area contributed by atoms with Crippen molar-refractivity contribution >= 4 is 21.9 Å². The topological polar surface area (TPSA) is 65.2 Å². The average Bonchev–Trinajstić information content (AvgIpc) is 2.50. The number of nitrogens with zero attached hydrogens (tertiary/aromatic N) is 2. The first-order valence-corrected chi connectivity index (χ1v) is 4.42. The highest BCUT2D eigenvalue weighted by molar-refractivity contribution is 9.10. The molecule has 0 N–H and O–H groups in total. The van der Waals surface area contributed by atoms with Crippen molar-refractivity contribution in [2.24, 2.45) is 0 Å². The van der Waals surface area contributed by atoms with Crippen molar-refractivity contribution in [1.82, 2.24) is 10.3 Å². The number of alkyl halides is 1. The van der Waals surface area contributed by atoms with E-state index < -0.39 is 5.97 Å². The SMILES string of the molecule is CC(C)(Br)COC(=O)c1cnon1. The van der Waals surface area contributed by atoms with Gasteiger partial charge in [0, 0.05) is 0 Å². The zero-order chi connectivity index (χ0) is 9.90. The third-order valence-corrected chi connectivity index (χ3v) is 1.35.